The summed E-state index contributed by atoms with van der Waals surface area (Å²) in [7, 11) is 4.01. The maximum atomic E-state index is 5.10. The minimum absolute atomic E-state index is 0.673. The molecule has 0 saturated carbocycles. The minimum atomic E-state index is 0.673. The molecular weight excluding hydrogens is 318 g/mol. The van der Waals surface area contributed by atoms with Crippen molar-refractivity contribution in [2.24, 2.45) is 0 Å². The first-order valence-corrected chi connectivity index (χ1v) is 8.35. The second-order valence-corrected chi connectivity index (χ2v) is 6.39. The van der Waals surface area contributed by atoms with E-state index in [1.807, 2.05) is 19.0 Å². The van der Waals surface area contributed by atoms with Gasteiger partial charge in [-0.3, -0.25) is 4.90 Å². The molecule has 25 heavy (non-hydrogen) atoms. The van der Waals surface area contributed by atoms with Crippen LogP contribution in [-0.2, 0) is 6.54 Å². The lowest BCUT2D eigenvalue weighted by atomic mass is 10.1. The van der Waals surface area contributed by atoms with Crippen LogP contribution in [0.2, 0.25) is 0 Å². The maximum absolute atomic E-state index is 5.10. The molecular formula is C17H21N7O. The predicted molar refractivity (Wildman–Crippen MR) is 95.7 cm³/mol. The molecule has 4 rings (SSSR count). The van der Waals surface area contributed by atoms with Gasteiger partial charge in [0.15, 0.2) is 6.33 Å². The van der Waals surface area contributed by atoms with Crippen molar-refractivity contribution < 1.29 is 4.52 Å². The van der Waals surface area contributed by atoms with E-state index in [9.17, 15) is 0 Å². The number of fused-ring (bicyclic) bond motifs is 1. The fourth-order valence-corrected chi connectivity index (χ4v) is 3.21. The summed E-state index contributed by atoms with van der Waals surface area (Å²) in [6.45, 7) is 4.57. The molecule has 1 aliphatic rings. The van der Waals surface area contributed by atoms with E-state index >= 15 is 0 Å². The fourth-order valence-electron chi connectivity index (χ4n) is 3.21. The summed E-state index contributed by atoms with van der Waals surface area (Å²) < 4.78 is 5.10. The Balaban J connectivity index is 1.50. The van der Waals surface area contributed by atoms with Crippen molar-refractivity contribution in [1.82, 2.24) is 25.0 Å². The Kier molecular flexibility index (Phi) is 4.19. The van der Waals surface area contributed by atoms with Gasteiger partial charge in [0.05, 0.1) is 12.1 Å². The van der Waals surface area contributed by atoms with Gasteiger partial charge in [0, 0.05) is 51.3 Å². The van der Waals surface area contributed by atoms with Gasteiger partial charge in [0.1, 0.15) is 12.1 Å². The van der Waals surface area contributed by atoms with Crippen molar-refractivity contribution in [3.8, 4) is 0 Å². The number of hydrogen-bond donors (Lipinski definition) is 0. The van der Waals surface area contributed by atoms with Crippen LogP contribution in [0.15, 0.2) is 35.4 Å². The number of piperazine rings is 1. The number of rotatable bonds is 4. The summed E-state index contributed by atoms with van der Waals surface area (Å²) in [5, 5.41) is 4.74. The zero-order valence-corrected chi connectivity index (χ0v) is 14.5. The summed E-state index contributed by atoms with van der Waals surface area (Å²) in [6, 6.07) is 6.41. The molecule has 2 aromatic heterocycles. The van der Waals surface area contributed by atoms with E-state index in [-0.39, 0.29) is 0 Å². The van der Waals surface area contributed by atoms with Crippen LogP contribution in [0.4, 0.5) is 11.5 Å². The molecule has 0 bridgehead atoms. The number of aromatic nitrogens is 4. The molecule has 1 fully saturated rings. The molecule has 1 saturated heterocycles. The van der Waals surface area contributed by atoms with Crippen LogP contribution in [0.3, 0.4) is 0 Å². The van der Waals surface area contributed by atoms with Crippen LogP contribution < -0.4 is 9.80 Å². The standard InChI is InChI=1S/C17H21N7O/c1-22(2)17-14-9-13(3-4-15(14)18-11-20-17)24-7-5-23(6-8-24)10-16-19-12-21-25-16/h3-4,9,11-12H,5-8,10H2,1-2H3. The van der Waals surface area contributed by atoms with Gasteiger partial charge in [-0.05, 0) is 18.2 Å². The highest BCUT2D eigenvalue weighted by Gasteiger charge is 2.19. The molecule has 0 aliphatic carbocycles. The number of anilines is 2. The summed E-state index contributed by atoms with van der Waals surface area (Å²) in [4.78, 5) is 19.6. The van der Waals surface area contributed by atoms with E-state index in [0.717, 1.165) is 42.9 Å². The summed E-state index contributed by atoms with van der Waals surface area (Å²) in [5.41, 5.74) is 2.18. The third kappa shape index (κ3) is 3.25. The Morgan fingerprint density at radius 2 is 1.88 bits per heavy atom. The number of nitrogens with zero attached hydrogens (tertiary/aromatic N) is 7. The lowest BCUT2D eigenvalue weighted by molar-refractivity contribution is 0.215. The average molecular weight is 339 g/mol. The molecule has 130 valence electrons. The average Bonchev–Trinajstić information content (AvgIpc) is 3.14. The topological polar surface area (TPSA) is 74.4 Å². The molecule has 1 aromatic carbocycles. The molecule has 3 heterocycles. The Hall–Kier alpha value is -2.74. The molecule has 0 N–H and O–H groups in total. The van der Waals surface area contributed by atoms with Crippen molar-refractivity contribution >= 4 is 22.4 Å². The van der Waals surface area contributed by atoms with E-state index in [4.69, 9.17) is 4.52 Å². The lowest BCUT2D eigenvalue weighted by Crippen LogP contribution is -2.46. The molecule has 0 atom stereocenters. The SMILES string of the molecule is CN(C)c1ncnc2ccc(N3CCN(Cc4ncno4)CC3)cc12. The smallest absolute Gasteiger partial charge is 0.240 e. The molecule has 3 aromatic rings. The highest BCUT2D eigenvalue weighted by atomic mass is 16.5. The van der Waals surface area contributed by atoms with E-state index in [2.05, 4.69) is 48.1 Å². The quantitative estimate of drug-likeness (QED) is 0.706. The zero-order valence-electron chi connectivity index (χ0n) is 14.5. The van der Waals surface area contributed by atoms with Gasteiger partial charge in [-0.2, -0.15) is 4.98 Å². The third-order valence-electron chi connectivity index (χ3n) is 4.52. The minimum Gasteiger partial charge on any atom is -0.369 e. The van der Waals surface area contributed by atoms with Gasteiger partial charge in [-0.15, -0.1) is 0 Å². The van der Waals surface area contributed by atoms with E-state index in [1.165, 1.54) is 12.0 Å². The van der Waals surface area contributed by atoms with Crippen LogP contribution in [0, 0.1) is 0 Å². The van der Waals surface area contributed by atoms with E-state index in [0.29, 0.717) is 12.4 Å². The third-order valence-corrected chi connectivity index (χ3v) is 4.52. The Morgan fingerprint density at radius 1 is 1.04 bits per heavy atom. The van der Waals surface area contributed by atoms with Crippen molar-refractivity contribution in [2.75, 3.05) is 50.1 Å². The van der Waals surface area contributed by atoms with Crippen molar-refractivity contribution in [3.63, 3.8) is 0 Å². The van der Waals surface area contributed by atoms with Gasteiger partial charge < -0.3 is 14.3 Å². The number of hydrogen-bond acceptors (Lipinski definition) is 8. The molecule has 0 amide bonds. The molecule has 8 nitrogen and oxygen atoms in total. The highest BCUT2D eigenvalue weighted by molar-refractivity contribution is 5.91. The molecule has 0 unspecified atom stereocenters. The predicted octanol–water partition coefficient (Wildman–Crippen LogP) is 1.40. The highest BCUT2D eigenvalue weighted by Crippen LogP contribution is 2.27. The Bertz CT molecular complexity index is 841. The van der Waals surface area contributed by atoms with Gasteiger partial charge in [-0.25, -0.2) is 9.97 Å². The molecule has 8 heteroatoms. The first kappa shape index (κ1) is 15.8. The van der Waals surface area contributed by atoms with Crippen molar-refractivity contribution in [1.29, 1.82) is 0 Å². The van der Waals surface area contributed by atoms with Gasteiger partial charge >= 0.3 is 0 Å². The number of benzene rings is 1. The first-order valence-electron chi connectivity index (χ1n) is 8.35. The van der Waals surface area contributed by atoms with Gasteiger partial charge in [-0.1, -0.05) is 5.16 Å². The summed E-state index contributed by atoms with van der Waals surface area (Å²) in [5.74, 6) is 1.62. The fraction of sp³-hybridized carbons (Fsp3) is 0.412. The van der Waals surface area contributed by atoms with Crippen molar-refractivity contribution in [3.05, 3.63) is 36.7 Å². The summed E-state index contributed by atoms with van der Waals surface area (Å²) in [6.07, 6.45) is 3.07. The molecule has 0 spiro atoms. The Labute approximate surface area is 146 Å². The Morgan fingerprint density at radius 3 is 2.60 bits per heavy atom. The van der Waals surface area contributed by atoms with E-state index in [1.54, 1.807) is 6.33 Å². The van der Waals surface area contributed by atoms with Crippen LogP contribution in [0.25, 0.3) is 10.9 Å². The van der Waals surface area contributed by atoms with Crippen LogP contribution in [0.1, 0.15) is 5.89 Å². The van der Waals surface area contributed by atoms with Crippen molar-refractivity contribution in [2.45, 2.75) is 6.54 Å². The van der Waals surface area contributed by atoms with Crippen LogP contribution >= 0.6 is 0 Å². The second-order valence-electron chi connectivity index (χ2n) is 6.39. The largest absolute Gasteiger partial charge is 0.369 e. The van der Waals surface area contributed by atoms with Gasteiger partial charge in [0.25, 0.3) is 0 Å². The monoisotopic (exact) mass is 339 g/mol. The van der Waals surface area contributed by atoms with Crippen LogP contribution in [0.5, 0.6) is 0 Å². The lowest BCUT2D eigenvalue weighted by Gasteiger charge is -2.35. The zero-order chi connectivity index (χ0) is 17.2. The second kappa shape index (κ2) is 6.64. The molecule has 0 radical (unpaired) electrons. The van der Waals surface area contributed by atoms with Crippen LogP contribution in [-0.4, -0.2) is 65.3 Å². The van der Waals surface area contributed by atoms with Gasteiger partial charge in [0.2, 0.25) is 5.89 Å². The normalized spacial score (nSPS) is 15.7. The van der Waals surface area contributed by atoms with E-state index < -0.39 is 0 Å². The maximum Gasteiger partial charge on any atom is 0.240 e. The molecule has 1 aliphatic heterocycles. The first-order chi connectivity index (χ1) is 12.2. The summed E-state index contributed by atoms with van der Waals surface area (Å²) >= 11 is 0.